The van der Waals surface area contributed by atoms with Crippen LogP contribution in [0.15, 0.2) is 174 Å². The zero-order valence-electron chi connectivity index (χ0n) is 26.8. The number of aromatic nitrogens is 2. The van der Waals surface area contributed by atoms with Gasteiger partial charge >= 0.3 is 0 Å². The highest BCUT2D eigenvalue weighted by molar-refractivity contribution is 5.89. The minimum atomic E-state index is 0.0445. The van der Waals surface area contributed by atoms with E-state index in [2.05, 4.69) is 158 Å². The Morgan fingerprint density at radius 2 is 1.00 bits per heavy atom. The molecule has 2 heterocycles. The van der Waals surface area contributed by atoms with Crippen molar-refractivity contribution in [3.8, 4) is 56.0 Å². The van der Waals surface area contributed by atoms with Gasteiger partial charge < -0.3 is 4.42 Å². The second-order valence-electron chi connectivity index (χ2n) is 12.6. The summed E-state index contributed by atoms with van der Waals surface area (Å²) < 4.78 is 6.36. The number of hydrogen-bond donors (Lipinski definition) is 0. The molecular weight excluding hydrogens is 597 g/mol. The van der Waals surface area contributed by atoms with Gasteiger partial charge in [-0.1, -0.05) is 146 Å². The molecule has 0 N–H and O–H groups in total. The number of para-hydroxylation sites is 1. The number of furan rings is 1. The number of nitrogens with zero attached hydrogens (tertiary/aromatic N) is 2. The smallest absolute Gasteiger partial charge is 0.160 e. The Morgan fingerprint density at radius 1 is 0.469 bits per heavy atom. The summed E-state index contributed by atoms with van der Waals surface area (Å²) in [4.78, 5) is 10.5. The number of rotatable bonds is 6. The lowest BCUT2D eigenvalue weighted by molar-refractivity contribution is 0.530. The van der Waals surface area contributed by atoms with Gasteiger partial charge in [0.05, 0.1) is 11.4 Å². The van der Waals surface area contributed by atoms with Crippen molar-refractivity contribution >= 4 is 17.0 Å². The highest BCUT2D eigenvalue weighted by atomic mass is 16.3. The maximum absolute atomic E-state index is 6.36. The summed E-state index contributed by atoms with van der Waals surface area (Å²) in [6.45, 7) is 0. The van der Waals surface area contributed by atoms with Gasteiger partial charge in [0.15, 0.2) is 5.82 Å². The molecule has 2 aromatic heterocycles. The highest BCUT2D eigenvalue weighted by Crippen LogP contribution is 2.38. The predicted octanol–water partition coefficient (Wildman–Crippen LogP) is 11.9. The lowest BCUT2D eigenvalue weighted by Gasteiger charge is -2.18. The number of benzene rings is 6. The Bertz CT molecular complexity index is 2390. The van der Waals surface area contributed by atoms with Crippen molar-refractivity contribution in [3.05, 3.63) is 187 Å². The van der Waals surface area contributed by atoms with Crippen LogP contribution in [-0.2, 0) is 6.42 Å². The highest BCUT2D eigenvalue weighted by Gasteiger charge is 2.24. The molecule has 1 aliphatic carbocycles. The van der Waals surface area contributed by atoms with Crippen molar-refractivity contribution in [2.45, 2.75) is 12.3 Å². The van der Waals surface area contributed by atoms with E-state index in [0.29, 0.717) is 5.82 Å². The monoisotopic (exact) mass is 628 g/mol. The molecule has 3 nitrogen and oxygen atoms in total. The second-order valence-corrected chi connectivity index (χ2v) is 12.6. The van der Waals surface area contributed by atoms with Crippen molar-refractivity contribution in [1.82, 2.24) is 9.97 Å². The molecular formula is C46H32N2O. The third kappa shape index (κ3) is 5.66. The van der Waals surface area contributed by atoms with Crippen molar-refractivity contribution < 1.29 is 4.42 Å². The van der Waals surface area contributed by atoms with Crippen LogP contribution >= 0.6 is 0 Å². The molecule has 0 saturated heterocycles. The molecule has 0 amide bonds. The zero-order chi connectivity index (χ0) is 32.6. The molecule has 1 atom stereocenters. The topological polar surface area (TPSA) is 38.9 Å². The fourth-order valence-corrected chi connectivity index (χ4v) is 6.88. The Kier molecular flexibility index (Phi) is 7.29. The van der Waals surface area contributed by atoms with Crippen molar-refractivity contribution in [1.29, 1.82) is 0 Å². The molecule has 0 fully saturated rings. The van der Waals surface area contributed by atoms with Crippen molar-refractivity contribution in [2.24, 2.45) is 0 Å². The number of fused-ring (bicyclic) bond motifs is 3. The Hall–Kier alpha value is -6.32. The first-order chi connectivity index (χ1) is 24.2. The molecule has 9 rings (SSSR count). The summed E-state index contributed by atoms with van der Waals surface area (Å²) in [6.07, 6.45) is 5.21. The average Bonchev–Trinajstić information content (AvgIpc) is 3.57. The van der Waals surface area contributed by atoms with Crippen LogP contribution in [0.1, 0.15) is 22.9 Å². The molecule has 3 heteroatoms. The van der Waals surface area contributed by atoms with Crippen LogP contribution in [-0.4, -0.2) is 9.97 Å². The minimum Gasteiger partial charge on any atom is -0.460 e. The van der Waals surface area contributed by atoms with Gasteiger partial charge in [0.2, 0.25) is 0 Å². The molecule has 232 valence electrons. The van der Waals surface area contributed by atoms with E-state index in [-0.39, 0.29) is 5.92 Å². The molecule has 49 heavy (non-hydrogen) atoms. The molecule has 6 aromatic carbocycles. The fraction of sp³-hybridized carbons (Fsp3) is 0.0435. The van der Waals surface area contributed by atoms with Crippen molar-refractivity contribution in [2.75, 3.05) is 0 Å². The average molecular weight is 629 g/mol. The summed E-state index contributed by atoms with van der Waals surface area (Å²) in [6, 6.07) is 57.4. The van der Waals surface area contributed by atoms with E-state index in [9.17, 15) is 0 Å². The van der Waals surface area contributed by atoms with E-state index in [1.807, 2.05) is 18.2 Å². The molecule has 1 unspecified atom stereocenters. The molecule has 1 aliphatic rings. The van der Waals surface area contributed by atoms with Gasteiger partial charge in [0, 0.05) is 34.4 Å². The Balaban J connectivity index is 1.19. The van der Waals surface area contributed by atoms with Crippen LogP contribution in [0, 0.1) is 0 Å². The predicted molar refractivity (Wildman–Crippen MR) is 201 cm³/mol. The normalized spacial score (nSPS) is 13.8. The maximum atomic E-state index is 6.36. The molecule has 8 aromatic rings. The quantitative estimate of drug-likeness (QED) is 0.184. The summed E-state index contributed by atoms with van der Waals surface area (Å²) in [7, 11) is 0. The van der Waals surface area contributed by atoms with E-state index >= 15 is 0 Å². The summed E-state index contributed by atoms with van der Waals surface area (Å²) in [5, 5.41) is 1.15. The first-order valence-corrected chi connectivity index (χ1v) is 16.7. The van der Waals surface area contributed by atoms with Gasteiger partial charge in [0.25, 0.3) is 0 Å². The summed E-state index contributed by atoms with van der Waals surface area (Å²) in [5.74, 6) is 1.76. The third-order valence-electron chi connectivity index (χ3n) is 9.43. The van der Waals surface area contributed by atoms with Crippen LogP contribution in [0.5, 0.6) is 0 Å². The van der Waals surface area contributed by atoms with Gasteiger partial charge in [-0.05, 0) is 63.7 Å². The first kappa shape index (κ1) is 28.9. The lowest BCUT2D eigenvalue weighted by atomic mass is 9.90. The second kappa shape index (κ2) is 12.4. The van der Waals surface area contributed by atoms with E-state index in [0.717, 1.165) is 62.4 Å². The van der Waals surface area contributed by atoms with Crippen LogP contribution in [0.3, 0.4) is 0 Å². The molecule has 0 spiro atoms. The van der Waals surface area contributed by atoms with E-state index in [1.54, 1.807) is 0 Å². The van der Waals surface area contributed by atoms with E-state index < -0.39 is 0 Å². The van der Waals surface area contributed by atoms with Crippen LogP contribution in [0.25, 0.3) is 73.1 Å². The summed E-state index contributed by atoms with van der Waals surface area (Å²) in [5.41, 5.74) is 13.0. The van der Waals surface area contributed by atoms with E-state index in [1.165, 1.54) is 22.3 Å². The van der Waals surface area contributed by atoms with E-state index in [4.69, 9.17) is 14.4 Å². The largest absolute Gasteiger partial charge is 0.460 e. The van der Waals surface area contributed by atoms with Crippen LogP contribution in [0.4, 0.5) is 0 Å². The maximum Gasteiger partial charge on any atom is 0.160 e. The lowest BCUT2D eigenvalue weighted by Crippen LogP contribution is -2.08. The van der Waals surface area contributed by atoms with Gasteiger partial charge in [-0.3, -0.25) is 0 Å². The number of hydrogen-bond acceptors (Lipinski definition) is 3. The molecule has 0 radical (unpaired) electrons. The van der Waals surface area contributed by atoms with Crippen LogP contribution in [0.2, 0.25) is 0 Å². The van der Waals surface area contributed by atoms with Gasteiger partial charge in [0.1, 0.15) is 11.3 Å². The van der Waals surface area contributed by atoms with Crippen molar-refractivity contribution in [3.63, 3.8) is 0 Å². The standard InChI is InChI=1S/C46H32N2O/c1-4-12-31(13-5-1)34-20-22-35(23-21-34)46-47-42(36-24-25-41-40-18-10-11-19-44(40)49-45(41)29-36)30-43(48-46)39-27-37(32-14-6-2-7-15-32)26-38(28-39)33-16-8-3-9-17-33/h1-28,30,36H,29H2. The zero-order valence-corrected chi connectivity index (χ0v) is 26.8. The third-order valence-corrected chi connectivity index (χ3v) is 9.43. The SMILES string of the molecule is C1=CC(c2cc(-c3cc(-c4ccccc4)cc(-c4ccccc4)c3)nc(-c3ccc(-c4ccccc4)cc3)n2)Cc2oc3ccccc3c21. The van der Waals surface area contributed by atoms with Gasteiger partial charge in [-0.15, -0.1) is 0 Å². The Labute approximate surface area is 285 Å². The summed E-state index contributed by atoms with van der Waals surface area (Å²) >= 11 is 0. The van der Waals surface area contributed by atoms with Gasteiger partial charge in [-0.25, -0.2) is 9.97 Å². The molecule has 0 saturated carbocycles. The minimum absolute atomic E-state index is 0.0445. The number of allylic oxidation sites excluding steroid dienone is 1. The molecule has 0 aliphatic heterocycles. The van der Waals surface area contributed by atoms with Gasteiger partial charge in [-0.2, -0.15) is 0 Å². The Morgan fingerprint density at radius 3 is 1.65 bits per heavy atom. The van der Waals surface area contributed by atoms with Crippen LogP contribution < -0.4 is 0 Å². The first-order valence-electron chi connectivity index (χ1n) is 16.7. The fourth-order valence-electron chi connectivity index (χ4n) is 6.88. The molecule has 0 bridgehead atoms.